The number of carbonyl (C=O) groups is 1. The minimum absolute atomic E-state index is 0.0268. The van der Waals surface area contributed by atoms with Crippen LogP contribution in [0.3, 0.4) is 0 Å². The molecular formula is C28H34N6O5S. The summed E-state index contributed by atoms with van der Waals surface area (Å²) in [6.07, 6.45) is 5.21. The maximum atomic E-state index is 13.3. The number of ether oxygens (including phenoxy) is 1. The average Bonchev–Trinajstić information content (AvgIpc) is 3.51. The molecule has 5 rings (SSSR count). The highest BCUT2D eigenvalue weighted by molar-refractivity contribution is 7.89. The van der Waals surface area contributed by atoms with Crippen LogP contribution < -0.4 is 10.9 Å². The molecule has 0 bridgehead atoms. The van der Waals surface area contributed by atoms with Crippen molar-refractivity contribution in [2.75, 3.05) is 25.0 Å². The van der Waals surface area contributed by atoms with Crippen LogP contribution in [0.5, 0.6) is 0 Å². The van der Waals surface area contributed by atoms with E-state index in [0.29, 0.717) is 54.2 Å². The Morgan fingerprint density at radius 2 is 1.98 bits per heavy atom. The zero-order chi connectivity index (χ0) is 28.4. The van der Waals surface area contributed by atoms with Crippen LogP contribution in [0.25, 0.3) is 10.9 Å². The van der Waals surface area contributed by atoms with Crippen molar-refractivity contribution in [1.82, 2.24) is 19.1 Å². The second-order valence-corrected chi connectivity index (χ2v) is 12.9. The number of pyridine rings is 1. The molecule has 0 radical (unpaired) electrons. The maximum Gasteiger partial charge on any atom is 0.310 e. The first kappa shape index (κ1) is 27.9. The monoisotopic (exact) mass is 566 g/mol. The smallest absolute Gasteiger partial charge is 0.310 e. The molecule has 0 spiro atoms. The molecule has 2 N–H and O–H groups in total. The van der Waals surface area contributed by atoms with Gasteiger partial charge in [-0.15, -0.1) is 0 Å². The topological polar surface area (TPSA) is 150 Å². The number of nitrogens with one attached hydrogen (secondary N) is 2. The van der Waals surface area contributed by atoms with Crippen molar-refractivity contribution in [3.63, 3.8) is 0 Å². The number of aromatic amines is 1. The highest BCUT2D eigenvalue weighted by Crippen LogP contribution is 2.43. The lowest BCUT2D eigenvalue weighted by Gasteiger charge is -2.17. The van der Waals surface area contributed by atoms with Gasteiger partial charge in [0.15, 0.2) is 5.82 Å². The first-order valence-corrected chi connectivity index (χ1v) is 15.1. The standard InChI is InChI=1S/C28H34N6O5S/c1-18(2)17-39-28(36)20-12-15-33(16-20)40(37,38)22-9-7-21(8-10-22)31-26-25-24(11-14-30-27(25)35)34(32-26)23(4-3-13-29)19-5-6-19/h7-11,14,18-20,23H,3-6,12,15-17H2,1-2H3,(H,30,35)(H,31,32)/t20?,23-/m0/s1. The summed E-state index contributed by atoms with van der Waals surface area (Å²) in [6, 6.07) is 10.3. The van der Waals surface area contributed by atoms with E-state index in [-0.39, 0.29) is 41.5 Å². The number of hydrogen-bond acceptors (Lipinski definition) is 8. The fraction of sp³-hybridized carbons (Fsp3) is 0.500. The third-order valence-electron chi connectivity index (χ3n) is 7.46. The molecule has 1 saturated carbocycles. The number of H-pyrrole nitrogens is 1. The van der Waals surface area contributed by atoms with E-state index in [4.69, 9.17) is 15.1 Å². The van der Waals surface area contributed by atoms with E-state index in [1.807, 2.05) is 24.6 Å². The number of hydrogen-bond donors (Lipinski definition) is 2. The molecule has 11 nitrogen and oxygen atoms in total. The van der Waals surface area contributed by atoms with Crippen molar-refractivity contribution >= 4 is 38.4 Å². The third-order valence-corrected chi connectivity index (χ3v) is 9.34. The normalized spacial score (nSPS) is 18.6. The van der Waals surface area contributed by atoms with E-state index in [9.17, 15) is 18.0 Å². The summed E-state index contributed by atoms with van der Waals surface area (Å²) < 4.78 is 35.0. The Kier molecular flexibility index (Phi) is 7.96. The molecule has 212 valence electrons. The Morgan fingerprint density at radius 1 is 1.23 bits per heavy atom. The van der Waals surface area contributed by atoms with E-state index in [2.05, 4.69) is 16.4 Å². The SMILES string of the molecule is CC(C)COC(=O)C1CCN(S(=O)(=O)c2ccc(Nc3nn([C@@H](CCC#N)C4CC4)c4cc[nH]c(=O)c34)cc2)C1. The molecule has 2 atom stereocenters. The number of aromatic nitrogens is 3. The van der Waals surface area contributed by atoms with Crippen LogP contribution in [0, 0.1) is 29.1 Å². The van der Waals surface area contributed by atoms with E-state index in [1.54, 1.807) is 18.3 Å². The quantitative estimate of drug-likeness (QED) is 0.332. The molecular weight excluding hydrogens is 532 g/mol. The van der Waals surface area contributed by atoms with Gasteiger partial charge >= 0.3 is 5.97 Å². The lowest BCUT2D eigenvalue weighted by Crippen LogP contribution is -2.30. The molecule has 1 aromatic carbocycles. The highest BCUT2D eigenvalue weighted by atomic mass is 32.2. The fourth-order valence-electron chi connectivity index (χ4n) is 5.19. The summed E-state index contributed by atoms with van der Waals surface area (Å²) in [5.41, 5.74) is 0.983. The van der Waals surface area contributed by atoms with E-state index in [1.165, 1.54) is 16.4 Å². The van der Waals surface area contributed by atoms with Gasteiger partial charge in [0, 0.05) is 31.4 Å². The second-order valence-electron chi connectivity index (χ2n) is 11.0. The number of nitrogens with zero attached hydrogens (tertiary/aromatic N) is 4. The van der Waals surface area contributed by atoms with Crippen molar-refractivity contribution < 1.29 is 17.9 Å². The van der Waals surface area contributed by atoms with Gasteiger partial charge in [0.05, 0.1) is 35.0 Å². The molecule has 2 aliphatic rings. The van der Waals surface area contributed by atoms with Crippen molar-refractivity contribution in [2.24, 2.45) is 17.8 Å². The summed E-state index contributed by atoms with van der Waals surface area (Å²) in [4.78, 5) is 27.9. The number of carbonyl (C=O) groups excluding carboxylic acids is 1. The number of anilines is 2. The van der Waals surface area contributed by atoms with Gasteiger partial charge < -0.3 is 15.0 Å². The van der Waals surface area contributed by atoms with Crippen LogP contribution in [0.4, 0.5) is 11.5 Å². The van der Waals surface area contributed by atoms with Gasteiger partial charge in [0.1, 0.15) is 5.39 Å². The van der Waals surface area contributed by atoms with Gasteiger partial charge in [-0.1, -0.05) is 13.8 Å². The van der Waals surface area contributed by atoms with Crippen molar-refractivity contribution in [1.29, 1.82) is 5.26 Å². The van der Waals surface area contributed by atoms with Crippen LogP contribution in [0.1, 0.15) is 52.0 Å². The molecule has 40 heavy (non-hydrogen) atoms. The summed E-state index contributed by atoms with van der Waals surface area (Å²) in [7, 11) is -3.79. The first-order chi connectivity index (χ1) is 19.2. The Bertz CT molecular complexity index is 1580. The van der Waals surface area contributed by atoms with Gasteiger partial charge in [-0.25, -0.2) is 8.42 Å². The molecule has 12 heteroatoms. The largest absolute Gasteiger partial charge is 0.465 e. The van der Waals surface area contributed by atoms with E-state index < -0.39 is 15.9 Å². The van der Waals surface area contributed by atoms with Crippen molar-refractivity contribution in [3.05, 3.63) is 46.9 Å². The molecule has 2 fully saturated rings. The molecule has 2 aromatic heterocycles. The van der Waals surface area contributed by atoms with E-state index in [0.717, 1.165) is 12.8 Å². The molecule has 0 amide bonds. The highest BCUT2D eigenvalue weighted by Gasteiger charge is 2.37. The Labute approximate surface area is 233 Å². The van der Waals surface area contributed by atoms with Crippen LogP contribution in [0.15, 0.2) is 46.2 Å². The maximum absolute atomic E-state index is 13.3. The Hall–Kier alpha value is -3.69. The predicted molar refractivity (Wildman–Crippen MR) is 149 cm³/mol. The number of fused-ring (bicyclic) bond motifs is 1. The molecule has 3 heterocycles. The van der Waals surface area contributed by atoms with Gasteiger partial charge in [-0.05, 0) is 67.9 Å². The lowest BCUT2D eigenvalue weighted by molar-refractivity contribution is -0.149. The summed E-state index contributed by atoms with van der Waals surface area (Å²) in [6.45, 7) is 4.57. The van der Waals surface area contributed by atoms with Crippen molar-refractivity contribution in [2.45, 2.75) is 56.9 Å². The molecule has 1 unspecified atom stereocenters. The third kappa shape index (κ3) is 5.76. The van der Waals surface area contributed by atoms with Gasteiger partial charge in [0.25, 0.3) is 5.56 Å². The Balaban J connectivity index is 1.34. The average molecular weight is 567 g/mol. The van der Waals surface area contributed by atoms with Crippen LogP contribution in [-0.2, 0) is 19.6 Å². The number of sulfonamides is 1. The molecule has 3 aromatic rings. The predicted octanol–water partition coefficient (Wildman–Crippen LogP) is 3.93. The van der Waals surface area contributed by atoms with Gasteiger partial charge in [-0.3, -0.25) is 14.3 Å². The lowest BCUT2D eigenvalue weighted by atomic mass is 10.1. The number of rotatable bonds is 11. The van der Waals surface area contributed by atoms with Crippen molar-refractivity contribution in [3.8, 4) is 6.07 Å². The van der Waals surface area contributed by atoms with Crippen LogP contribution in [0.2, 0.25) is 0 Å². The van der Waals surface area contributed by atoms with Gasteiger partial charge in [0.2, 0.25) is 10.0 Å². The summed E-state index contributed by atoms with van der Waals surface area (Å²) in [5, 5.41) is 17.5. The first-order valence-electron chi connectivity index (χ1n) is 13.7. The van der Waals surface area contributed by atoms with Crippen LogP contribution in [-0.4, -0.2) is 53.2 Å². The zero-order valence-corrected chi connectivity index (χ0v) is 23.5. The number of nitriles is 1. The van der Waals surface area contributed by atoms with E-state index >= 15 is 0 Å². The van der Waals surface area contributed by atoms with Crippen LogP contribution >= 0.6 is 0 Å². The zero-order valence-electron chi connectivity index (χ0n) is 22.7. The fourth-order valence-corrected chi connectivity index (χ4v) is 6.69. The number of benzene rings is 1. The summed E-state index contributed by atoms with van der Waals surface area (Å²) in [5.74, 6) is 0.186. The molecule has 1 aliphatic carbocycles. The minimum Gasteiger partial charge on any atom is -0.465 e. The molecule has 1 saturated heterocycles. The minimum atomic E-state index is -3.79. The summed E-state index contributed by atoms with van der Waals surface area (Å²) >= 11 is 0. The second kappa shape index (κ2) is 11.4. The van der Waals surface area contributed by atoms with Gasteiger partial charge in [-0.2, -0.15) is 14.7 Å². The molecule has 1 aliphatic heterocycles. The number of esters is 1. The Morgan fingerprint density at radius 3 is 2.65 bits per heavy atom.